The Labute approximate surface area is 167 Å². The van der Waals surface area contributed by atoms with E-state index in [0.29, 0.717) is 12.3 Å². The van der Waals surface area contributed by atoms with Crippen molar-refractivity contribution >= 4 is 38.3 Å². The number of carbonyl (C=O) groups excluding carboxylic acids is 1. The monoisotopic (exact) mass is 399 g/mol. The highest BCUT2D eigenvalue weighted by molar-refractivity contribution is 7.22. The van der Waals surface area contributed by atoms with Crippen LogP contribution in [0.1, 0.15) is 19.8 Å². The summed E-state index contributed by atoms with van der Waals surface area (Å²) < 4.78 is 19.9. The van der Waals surface area contributed by atoms with E-state index in [-0.39, 0.29) is 17.6 Å². The molecule has 1 fully saturated rings. The van der Waals surface area contributed by atoms with Gasteiger partial charge in [0, 0.05) is 24.7 Å². The molecule has 0 bridgehead atoms. The van der Waals surface area contributed by atoms with Crippen LogP contribution in [0.5, 0.6) is 5.75 Å². The Balaban J connectivity index is 1.38. The van der Waals surface area contributed by atoms with Gasteiger partial charge >= 0.3 is 0 Å². The van der Waals surface area contributed by atoms with Gasteiger partial charge in [0.2, 0.25) is 5.91 Å². The number of piperidine rings is 1. The van der Waals surface area contributed by atoms with Crippen molar-refractivity contribution in [2.45, 2.75) is 19.8 Å². The number of fused-ring (bicyclic) bond motifs is 1. The predicted molar refractivity (Wildman–Crippen MR) is 111 cm³/mol. The lowest BCUT2D eigenvalue weighted by atomic mass is 9.96. The minimum Gasteiger partial charge on any atom is -0.494 e. The second kappa shape index (κ2) is 8.14. The minimum atomic E-state index is -0.351. The van der Waals surface area contributed by atoms with E-state index in [0.717, 1.165) is 47.0 Å². The number of nitrogens with one attached hydrogen (secondary N) is 1. The van der Waals surface area contributed by atoms with Crippen LogP contribution in [-0.2, 0) is 4.79 Å². The van der Waals surface area contributed by atoms with Gasteiger partial charge in [0.1, 0.15) is 11.6 Å². The molecule has 2 aromatic carbocycles. The highest BCUT2D eigenvalue weighted by atomic mass is 32.1. The van der Waals surface area contributed by atoms with Crippen molar-refractivity contribution in [2.75, 3.05) is 29.9 Å². The third-order valence-electron chi connectivity index (χ3n) is 4.89. The van der Waals surface area contributed by atoms with Gasteiger partial charge in [-0.2, -0.15) is 0 Å². The van der Waals surface area contributed by atoms with Crippen LogP contribution >= 0.6 is 11.3 Å². The van der Waals surface area contributed by atoms with Crippen molar-refractivity contribution in [3.63, 3.8) is 0 Å². The second-order valence-corrected chi connectivity index (χ2v) is 7.83. The average Bonchev–Trinajstić information content (AvgIpc) is 3.12. The third kappa shape index (κ3) is 4.09. The number of thiazole rings is 1. The summed E-state index contributed by atoms with van der Waals surface area (Å²) in [5, 5.41) is 3.80. The van der Waals surface area contributed by atoms with Crippen LogP contribution in [0.4, 0.5) is 15.2 Å². The lowest BCUT2D eigenvalue weighted by molar-refractivity contribution is -0.120. The first-order valence-electron chi connectivity index (χ1n) is 9.47. The van der Waals surface area contributed by atoms with Gasteiger partial charge in [-0.1, -0.05) is 17.4 Å². The summed E-state index contributed by atoms with van der Waals surface area (Å²) >= 11 is 1.65. The van der Waals surface area contributed by atoms with Crippen LogP contribution in [0.25, 0.3) is 10.2 Å². The second-order valence-electron chi connectivity index (χ2n) is 6.82. The molecule has 0 saturated carbocycles. The summed E-state index contributed by atoms with van der Waals surface area (Å²) in [6, 6.07) is 12.0. The molecule has 28 heavy (non-hydrogen) atoms. The first-order valence-corrected chi connectivity index (χ1v) is 10.3. The summed E-state index contributed by atoms with van der Waals surface area (Å²) in [6.45, 7) is 4.16. The molecular formula is C21H22FN3O2S. The predicted octanol–water partition coefficient (Wildman–Crippen LogP) is 4.69. The van der Waals surface area contributed by atoms with E-state index >= 15 is 0 Å². The highest BCUT2D eigenvalue weighted by Gasteiger charge is 2.26. The van der Waals surface area contributed by atoms with E-state index in [1.165, 1.54) is 12.1 Å². The van der Waals surface area contributed by atoms with Gasteiger partial charge in [-0.25, -0.2) is 9.37 Å². The number of hydrogen-bond acceptors (Lipinski definition) is 5. The van der Waals surface area contributed by atoms with Crippen molar-refractivity contribution < 1.29 is 13.9 Å². The highest BCUT2D eigenvalue weighted by Crippen LogP contribution is 2.33. The number of rotatable bonds is 5. The standard InChI is InChI=1S/C21H22FN3O2S/c1-2-27-17-6-7-18-19(13-17)28-21(24-18)25-10-8-14(9-11-25)20(26)23-16-5-3-4-15(22)12-16/h3-7,12-14H,2,8-11H2,1H3,(H,23,26). The number of hydrogen-bond donors (Lipinski definition) is 1. The van der Waals surface area contributed by atoms with E-state index < -0.39 is 0 Å². The number of benzene rings is 2. The molecule has 1 amide bonds. The number of halogens is 1. The van der Waals surface area contributed by atoms with Crippen LogP contribution in [0.3, 0.4) is 0 Å². The van der Waals surface area contributed by atoms with Crippen LogP contribution in [-0.4, -0.2) is 30.6 Å². The summed E-state index contributed by atoms with van der Waals surface area (Å²) in [7, 11) is 0. The Morgan fingerprint density at radius 1 is 1.29 bits per heavy atom. The number of aromatic nitrogens is 1. The molecule has 1 aliphatic heterocycles. The largest absolute Gasteiger partial charge is 0.494 e. The van der Waals surface area contributed by atoms with Gasteiger partial charge in [0.05, 0.1) is 16.8 Å². The molecule has 7 heteroatoms. The molecule has 0 aliphatic carbocycles. The van der Waals surface area contributed by atoms with Crippen LogP contribution in [0.15, 0.2) is 42.5 Å². The lowest BCUT2D eigenvalue weighted by Crippen LogP contribution is -2.38. The zero-order valence-electron chi connectivity index (χ0n) is 15.7. The quantitative estimate of drug-likeness (QED) is 0.676. The fourth-order valence-corrected chi connectivity index (χ4v) is 4.47. The summed E-state index contributed by atoms with van der Waals surface area (Å²) in [4.78, 5) is 19.4. The number of ether oxygens (including phenoxy) is 1. The van der Waals surface area contributed by atoms with E-state index in [2.05, 4.69) is 10.2 Å². The maximum atomic E-state index is 13.3. The van der Waals surface area contributed by atoms with Gasteiger partial charge in [0.15, 0.2) is 5.13 Å². The summed E-state index contributed by atoms with van der Waals surface area (Å²) in [5.41, 5.74) is 1.47. The minimum absolute atomic E-state index is 0.0455. The molecule has 0 radical (unpaired) electrons. The Kier molecular flexibility index (Phi) is 5.43. The average molecular weight is 399 g/mol. The fourth-order valence-electron chi connectivity index (χ4n) is 3.43. The van der Waals surface area contributed by atoms with Gasteiger partial charge in [-0.15, -0.1) is 0 Å². The van der Waals surface area contributed by atoms with Crippen molar-refractivity contribution in [1.82, 2.24) is 4.98 Å². The molecule has 4 rings (SSSR count). The van der Waals surface area contributed by atoms with Crippen LogP contribution in [0.2, 0.25) is 0 Å². The Hall–Kier alpha value is -2.67. The molecular weight excluding hydrogens is 377 g/mol. The van der Waals surface area contributed by atoms with E-state index in [1.807, 2.05) is 25.1 Å². The molecule has 1 N–H and O–H groups in total. The molecule has 1 aromatic heterocycles. The van der Waals surface area contributed by atoms with E-state index in [4.69, 9.17) is 9.72 Å². The van der Waals surface area contributed by atoms with Gasteiger partial charge in [0.25, 0.3) is 0 Å². The van der Waals surface area contributed by atoms with Gasteiger partial charge < -0.3 is 15.0 Å². The van der Waals surface area contributed by atoms with Gasteiger partial charge in [-0.3, -0.25) is 4.79 Å². The van der Waals surface area contributed by atoms with Crippen LogP contribution in [0, 0.1) is 11.7 Å². The van der Waals surface area contributed by atoms with E-state index in [9.17, 15) is 9.18 Å². The van der Waals surface area contributed by atoms with Gasteiger partial charge in [-0.05, 0) is 56.2 Å². The number of anilines is 2. The molecule has 5 nitrogen and oxygen atoms in total. The topological polar surface area (TPSA) is 54.5 Å². The maximum absolute atomic E-state index is 13.3. The molecule has 0 unspecified atom stereocenters. The molecule has 0 spiro atoms. The van der Waals surface area contributed by atoms with Crippen molar-refractivity contribution in [3.05, 3.63) is 48.3 Å². The molecule has 1 saturated heterocycles. The molecule has 3 aromatic rings. The number of nitrogens with zero attached hydrogens (tertiary/aromatic N) is 2. The molecule has 1 aliphatic rings. The third-order valence-corrected chi connectivity index (χ3v) is 5.97. The Morgan fingerprint density at radius 2 is 2.11 bits per heavy atom. The van der Waals surface area contributed by atoms with Crippen molar-refractivity contribution in [2.24, 2.45) is 5.92 Å². The molecule has 0 atom stereocenters. The Morgan fingerprint density at radius 3 is 2.86 bits per heavy atom. The summed E-state index contributed by atoms with van der Waals surface area (Å²) in [6.07, 6.45) is 1.50. The maximum Gasteiger partial charge on any atom is 0.227 e. The lowest BCUT2D eigenvalue weighted by Gasteiger charge is -2.31. The SMILES string of the molecule is CCOc1ccc2nc(N3CCC(C(=O)Nc4cccc(F)c4)CC3)sc2c1. The fraction of sp³-hybridized carbons (Fsp3) is 0.333. The first kappa shape index (κ1) is 18.7. The number of amides is 1. The van der Waals surface area contributed by atoms with Crippen molar-refractivity contribution in [3.8, 4) is 5.75 Å². The molecule has 146 valence electrons. The number of carbonyl (C=O) groups is 1. The zero-order chi connectivity index (χ0) is 19.5. The normalized spacial score (nSPS) is 15.0. The van der Waals surface area contributed by atoms with Crippen LogP contribution < -0.4 is 15.0 Å². The zero-order valence-corrected chi connectivity index (χ0v) is 16.5. The van der Waals surface area contributed by atoms with Crippen molar-refractivity contribution in [1.29, 1.82) is 0 Å². The molecule has 2 heterocycles. The Bertz CT molecular complexity index is 983. The first-order chi connectivity index (χ1) is 13.6. The summed E-state index contributed by atoms with van der Waals surface area (Å²) in [5.74, 6) is 0.392. The van der Waals surface area contributed by atoms with E-state index in [1.54, 1.807) is 23.5 Å². The smallest absolute Gasteiger partial charge is 0.227 e.